The molecule has 2 heterocycles. The molecule has 1 fully saturated rings. The molecule has 20 heavy (non-hydrogen) atoms. The van der Waals surface area contributed by atoms with Crippen molar-refractivity contribution in [2.45, 2.75) is 30.6 Å². The summed E-state index contributed by atoms with van der Waals surface area (Å²) < 4.78 is 5.15. The number of carbonyl (C=O) groups is 1. The standard InChI is InChI=1S/C14H17N3O3/c1-20-9-4-2-8(3-5-9)12-13-10(15-7-16-13)6-11(17-12)14(18)19/h2-5,7,10-13,17H,6H2,1H3,(H,15,16)(H,18,19)/t10-,11-,12-,13+/m0/s1. The van der Waals surface area contributed by atoms with Crippen LogP contribution in [0.15, 0.2) is 29.3 Å². The molecule has 0 saturated carbocycles. The molecule has 1 saturated heterocycles. The van der Waals surface area contributed by atoms with Crippen molar-refractivity contribution >= 4 is 12.3 Å². The minimum Gasteiger partial charge on any atom is -0.497 e. The van der Waals surface area contributed by atoms with Gasteiger partial charge in [0.2, 0.25) is 0 Å². The molecule has 0 aromatic heterocycles. The topological polar surface area (TPSA) is 83.0 Å². The molecule has 3 N–H and O–H groups in total. The molecule has 6 heteroatoms. The van der Waals surface area contributed by atoms with Crippen molar-refractivity contribution in [3.8, 4) is 5.75 Å². The molecule has 0 spiro atoms. The summed E-state index contributed by atoms with van der Waals surface area (Å²) in [6.45, 7) is 0. The van der Waals surface area contributed by atoms with E-state index in [0.29, 0.717) is 6.42 Å². The first-order chi connectivity index (χ1) is 9.69. The van der Waals surface area contributed by atoms with E-state index in [1.165, 1.54) is 0 Å². The van der Waals surface area contributed by atoms with Crippen molar-refractivity contribution in [2.24, 2.45) is 4.99 Å². The number of fused-ring (bicyclic) bond motifs is 1. The molecule has 0 unspecified atom stereocenters. The third-order valence-corrected chi connectivity index (χ3v) is 3.93. The van der Waals surface area contributed by atoms with Gasteiger partial charge in [-0.1, -0.05) is 12.1 Å². The Bertz CT molecular complexity index is 529. The van der Waals surface area contributed by atoms with Gasteiger partial charge in [0.15, 0.2) is 0 Å². The first-order valence-corrected chi connectivity index (χ1v) is 6.59. The van der Waals surface area contributed by atoms with Gasteiger partial charge in [0, 0.05) is 0 Å². The van der Waals surface area contributed by atoms with Crippen LogP contribution in [0.25, 0.3) is 0 Å². The molecule has 0 radical (unpaired) electrons. The van der Waals surface area contributed by atoms with Crippen LogP contribution in [-0.4, -0.2) is 42.6 Å². The molecule has 0 aliphatic carbocycles. The number of aliphatic imine (C=N–C) groups is 1. The van der Waals surface area contributed by atoms with E-state index in [-0.39, 0.29) is 18.1 Å². The number of nitrogens with zero attached hydrogens (tertiary/aromatic N) is 1. The van der Waals surface area contributed by atoms with Gasteiger partial charge in [-0.15, -0.1) is 0 Å². The normalized spacial score (nSPS) is 31.4. The molecular formula is C14H17N3O3. The Balaban J connectivity index is 1.87. The highest BCUT2D eigenvalue weighted by Crippen LogP contribution is 2.31. The third-order valence-electron chi connectivity index (χ3n) is 3.93. The van der Waals surface area contributed by atoms with Crippen molar-refractivity contribution in [2.75, 3.05) is 7.11 Å². The molecule has 0 amide bonds. The number of hydrogen-bond acceptors (Lipinski definition) is 5. The van der Waals surface area contributed by atoms with Crippen LogP contribution < -0.4 is 15.4 Å². The number of ether oxygens (including phenoxy) is 1. The number of aliphatic carboxylic acids is 1. The number of piperidine rings is 1. The second-order valence-corrected chi connectivity index (χ2v) is 5.09. The summed E-state index contributed by atoms with van der Waals surface area (Å²) in [5.41, 5.74) is 1.02. The lowest BCUT2D eigenvalue weighted by Crippen LogP contribution is -2.55. The van der Waals surface area contributed by atoms with Crippen molar-refractivity contribution in [1.29, 1.82) is 0 Å². The van der Waals surface area contributed by atoms with E-state index >= 15 is 0 Å². The lowest BCUT2D eigenvalue weighted by atomic mass is 9.86. The molecule has 1 aromatic carbocycles. The number of carboxylic acid groups (broad SMARTS) is 1. The average molecular weight is 275 g/mol. The summed E-state index contributed by atoms with van der Waals surface area (Å²) in [5.74, 6) is -0.0420. The van der Waals surface area contributed by atoms with Crippen LogP contribution >= 0.6 is 0 Å². The highest BCUT2D eigenvalue weighted by atomic mass is 16.5. The molecule has 1 aromatic rings. The van der Waals surface area contributed by atoms with E-state index in [9.17, 15) is 9.90 Å². The first-order valence-electron chi connectivity index (χ1n) is 6.59. The van der Waals surface area contributed by atoms with Crippen LogP contribution in [0.2, 0.25) is 0 Å². The zero-order chi connectivity index (χ0) is 14.1. The van der Waals surface area contributed by atoms with Gasteiger partial charge < -0.3 is 15.2 Å². The molecule has 2 aliphatic heterocycles. The van der Waals surface area contributed by atoms with Crippen molar-refractivity contribution in [3.05, 3.63) is 29.8 Å². The minimum atomic E-state index is -0.823. The monoisotopic (exact) mass is 275 g/mol. The summed E-state index contributed by atoms with van der Waals surface area (Å²) in [4.78, 5) is 15.7. The Morgan fingerprint density at radius 3 is 2.80 bits per heavy atom. The average Bonchev–Trinajstić information content (AvgIpc) is 2.94. The van der Waals surface area contributed by atoms with E-state index in [1.54, 1.807) is 13.4 Å². The second kappa shape index (κ2) is 5.13. The molecule has 0 bridgehead atoms. The lowest BCUT2D eigenvalue weighted by Gasteiger charge is -2.37. The van der Waals surface area contributed by atoms with Crippen molar-refractivity contribution in [3.63, 3.8) is 0 Å². The van der Waals surface area contributed by atoms with Gasteiger partial charge in [-0.25, -0.2) is 0 Å². The van der Waals surface area contributed by atoms with E-state index < -0.39 is 12.0 Å². The first kappa shape index (κ1) is 12.9. The highest BCUT2D eigenvalue weighted by Gasteiger charge is 2.42. The lowest BCUT2D eigenvalue weighted by molar-refractivity contribution is -0.140. The van der Waals surface area contributed by atoms with Gasteiger partial charge in [0.25, 0.3) is 0 Å². The van der Waals surface area contributed by atoms with Gasteiger partial charge in [-0.05, 0) is 24.1 Å². The summed E-state index contributed by atoms with van der Waals surface area (Å²) >= 11 is 0. The van der Waals surface area contributed by atoms with Crippen molar-refractivity contribution in [1.82, 2.24) is 10.6 Å². The van der Waals surface area contributed by atoms with Crippen LogP contribution in [0.4, 0.5) is 0 Å². The SMILES string of the molecule is COc1ccc([C@@H]2N[C@H](C(=O)O)C[C@@H]3NC=N[C@H]32)cc1. The van der Waals surface area contributed by atoms with Crippen LogP contribution in [0.3, 0.4) is 0 Å². The fraction of sp³-hybridized carbons (Fsp3) is 0.429. The predicted octanol–water partition coefficient (Wildman–Crippen LogP) is 0.552. The third kappa shape index (κ3) is 2.22. The summed E-state index contributed by atoms with van der Waals surface area (Å²) in [6.07, 6.45) is 2.21. The summed E-state index contributed by atoms with van der Waals surface area (Å²) in [6, 6.07) is 7.09. The number of carboxylic acids is 1. The van der Waals surface area contributed by atoms with Crippen LogP contribution in [0.5, 0.6) is 5.75 Å². The van der Waals surface area contributed by atoms with E-state index in [0.717, 1.165) is 11.3 Å². The second-order valence-electron chi connectivity index (χ2n) is 5.09. The Labute approximate surface area is 116 Å². The summed E-state index contributed by atoms with van der Waals surface area (Å²) in [5, 5.41) is 15.6. The Morgan fingerprint density at radius 1 is 1.40 bits per heavy atom. The molecule has 106 valence electrons. The Kier molecular flexibility index (Phi) is 3.31. The Hall–Kier alpha value is -2.08. The number of rotatable bonds is 3. The van der Waals surface area contributed by atoms with Crippen LogP contribution in [0, 0.1) is 0 Å². The quantitative estimate of drug-likeness (QED) is 0.750. The van der Waals surface area contributed by atoms with Gasteiger partial charge in [0.05, 0.1) is 31.6 Å². The maximum atomic E-state index is 11.3. The van der Waals surface area contributed by atoms with Gasteiger partial charge >= 0.3 is 5.97 Å². The zero-order valence-corrected chi connectivity index (χ0v) is 11.1. The Morgan fingerprint density at radius 2 is 2.15 bits per heavy atom. The fourth-order valence-electron chi connectivity index (χ4n) is 2.87. The molecule has 3 rings (SSSR count). The predicted molar refractivity (Wildman–Crippen MR) is 74.1 cm³/mol. The van der Waals surface area contributed by atoms with E-state index in [2.05, 4.69) is 15.6 Å². The van der Waals surface area contributed by atoms with Gasteiger partial charge in [-0.2, -0.15) is 0 Å². The van der Waals surface area contributed by atoms with Gasteiger partial charge in [-0.3, -0.25) is 15.1 Å². The molecule has 2 aliphatic rings. The highest BCUT2D eigenvalue weighted by molar-refractivity contribution is 5.74. The smallest absolute Gasteiger partial charge is 0.320 e. The number of methoxy groups -OCH3 is 1. The fourth-order valence-corrected chi connectivity index (χ4v) is 2.87. The summed E-state index contributed by atoms with van der Waals surface area (Å²) in [7, 11) is 1.62. The number of nitrogens with one attached hydrogen (secondary N) is 2. The maximum Gasteiger partial charge on any atom is 0.320 e. The number of benzene rings is 1. The van der Waals surface area contributed by atoms with Crippen molar-refractivity contribution < 1.29 is 14.6 Å². The zero-order valence-electron chi connectivity index (χ0n) is 11.1. The minimum absolute atomic E-state index is 0.0268. The van der Waals surface area contributed by atoms with E-state index in [1.807, 2.05) is 24.3 Å². The van der Waals surface area contributed by atoms with E-state index in [4.69, 9.17) is 4.74 Å². The largest absolute Gasteiger partial charge is 0.497 e. The number of hydrogen-bond donors (Lipinski definition) is 3. The molecule has 4 atom stereocenters. The molecular weight excluding hydrogens is 258 g/mol. The molecule has 6 nitrogen and oxygen atoms in total. The van der Waals surface area contributed by atoms with Crippen LogP contribution in [-0.2, 0) is 4.79 Å². The maximum absolute atomic E-state index is 11.3. The van der Waals surface area contributed by atoms with Gasteiger partial charge in [0.1, 0.15) is 11.8 Å². The van der Waals surface area contributed by atoms with Crippen LogP contribution in [0.1, 0.15) is 18.0 Å².